The molecule has 0 unspecified atom stereocenters. The first kappa shape index (κ1) is 18.4. The zero-order valence-corrected chi connectivity index (χ0v) is 14.7. The number of alkyl halides is 3. The van der Waals surface area contributed by atoms with Crippen molar-refractivity contribution in [3.8, 4) is 11.5 Å². The van der Waals surface area contributed by atoms with E-state index in [4.69, 9.17) is 14.2 Å². The number of halogens is 3. The van der Waals surface area contributed by atoms with E-state index in [1.165, 1.54) is 18.2 Å². The first-order valence-corrected chi connectivity index (χ1v) is 8.67. The Bertz CT molecular complexity index is 895. The summed E-state index contributed by atoms with van der Waals surface area (Å²) in [6.07, 6.45) is -4.51. The summed E-state index contributed by atoms with van der Waals surface area (Å²) in [5.41, 5.74) is 0.0462. The molecular weight excluding hydrogens is 377 g/mol. The second kappa shape index (κ2) is 7.23. The molecule has 0 aliphatic carbocycles. The van der Waals surface area contributed by atoms with Gasteiger partial charge in [0.2, 0.25) is 6.79 Å². The van der Waals surface area contributed by atoms with E-state index >= 15 is 0 Å². The van der Waals surface area contributed by atoms with Crippen LogP contribution < -0.4 is 19.7 Å². The highest BCUT2D eigenvalue weighted by Gasteiger charge is 2.32. The normalized spacial score (nSPS) is 16.2. The minimum absolute atomic E-state index is 0.0647. The summed E-state index contributed by atoms with van der Waals surface area (Å²) in [6, 6.07) is 7.97. The molecular formula is C19H17F3N2O4. The van der Waals surface area contributed by atoms with Crippen molar-refractivity contribution in [1.82, 2.24) is 0 Å². The molecule has 1 amide bonds. The van der Waals surface area contributed by atoms with Crippen LogP contribution in [0.3, 0.4) is 0 Å². The van der Waals surface area contributed by atoms with Crippen molar-refractivity contribution in [2.24, 2.45) is 0 Å². The van der Waals surface area contributed by atoms with E-state index in [9.17, 15) is 18.0 Å². The Balaban J connectivity index is 1.65. The molecule has 2 aromatic carbocycles. The molecule has 1 N–H and O–H groups in total. The third-order valence-corrected chi connectivity index (χ3v) is 4.56. The summed E-state index contributed by atoms with van der Waals surface area (Å²) in [4.78, 5) is 14.6. The summed E-state index contributed by atoms with van der Waals surface area (Å²) in [5, 5.41) is 2.61. The Morgan fingerprint density at radius 2 is 1.75 bits per heavy atom. The van der Waals surface area contributed by atoms with Crippen LogP contribution in [0.5, 0.6) is 11.5 Å². The first-order chi connectivity index (χ1) is 13.4. The number of nitrogens with zero attached hydrogens (tertiary/aromatic N) is 1. The molecule has 2 aliphatic rings. The smallest absolute Gasteiger partial charge is 0.416 e. The molecule has 6 nitrogen and oxygen atoms in total. The Morgan fingerprint density at radius 3 is 2.50 bits per heavy atom. The van der Waals surface area contributed by atoms with Gasteiger partial charge in [-0.2, -0.15) is 13.2 Å². The van der Waals surface area contributed by atoms with E-state index < -0.39 is 17.6 Å². The van der Waals surface area contributed by atoms with Gasteiger partial charge in [0.15, 0.2) is 11.5 Å². The van der Waals surface area contributed by atoms with Crippen molar-refractivity contribution in [2.45, 2.75) is 6.18 Å². The van der Waals surface area contributed by atoms with Crippen LogP contribution in [-0.2, 0) is 10.9 Å². The van der Waals surface area contributed by atoms with Gasteiger partial charge in [-0.1, -0.05) is 0 Å². The van der Waals surface area contributed by atoms with Crippen molar-refractivity contribution >= 4 is 17.3 Å². The lowest BCUT2D eigenvalue weighted by molar-refractivity contribution is -0.137. The number of hydrogen-bond donors (Lipinski definition) is 1. The number of benzene rings is 2. The number of rotatable bonds is 3. The van der Waals surface area contributed by atoms with E-state index in [1.54, 1.807) is 6.07 Å². The largest absolute Gasteiger partial charge is 0.454 e. The summed E-state index contributed by atoms with van der Waals surface area (Å²) in [5.74, 6) is 0.404. The Labute approximate surface area is 158 Å². The van der Waals surface area contributed by atoms with Gasteiger partial charge in [-0.15, -0.1) is 0 Å². The van der Waals surface area contributed by atoms with Gasteiger partial charge in [0.1, 0.15) is 0 Å². The molecule has 0 saturated carbocycles. The summed E-state index contributed by atoms with van der Waals surface area (Å²) < 4.78 is 55.3. The quantitative estimate of drug-likeness (QED) is 0.863. The Kier molecular flexibility index (Phi) is 4.76. The van der Waals surface area contributed by atoms with Crippen LogP contribution in [0.2, 0.25) is 0 Å². The highest BCUT2D eigenvalue weighted by molar-refractivity contribution is 6.06. The van der Waals surface area contributed by atoms with Crippen LogP contribution in [0.1, 0.15) is 15.9 Å². The van der Waals surface area contributed by atoms with Crippen LogP contribution >= 0.6 is 0 Å². The fourth-order valence-electron chi connectivity index (χ4n) is 3.12. The van der Waals surface area contributed by atoms with Crippen LogP contribution in [0, 0.1) is 0 Å². The molecule has 0 bridgehead atoms. The third-order valence-electron chi connectivity index (χ3n) is 4.56. The van der Waals surface area contributed by atoms with Crippen molar-refractivity contribution in [2.75, 3.05) is 43.3 Å². The van der Waals surface area contributed by atoms with Crippen LogP contribution in [0.25, 0.3) is 0 Å². The van der Waals surface area contributed by atoms with Gasteiger partial charge in [0, 0.05) is 18.7 Å². The Hall–Kier alpha value is -2.94. The number of fused-ring (bicyclic) bond motifs is 1. The SMILES string of the molecule is O=C(Nc1cc(C(F)(F)F)ccc1N1CCOCC1)c1ccc2c(c1)OCO2. The second-order valence-corrected chi connectivity index (χ2v) is 6.35. The third kappa shape index (κ3) is 3.70. The monoisotopic (exact) mass is 394 g/mol. The molecule has 0 spiro atoms. The first-order valence-electron chi connectivity index (χ1n) is 8.67. The predicted molar refractivity (Wildman–Crippen MR) is 95.0 cm³/mol. The van der Waals surface area contributed by atoms with Gasteiger partial charge in [-0.25, -0.2) is 0 Å². The average molecular weight is 394 g/mol. The molecule has 1 saturated heterocycles. The predicted octanol–water partition coefficient (Wildman–Crippen LogP) is 3.52. The topological polar surface area (TPSA) is 60.0 Å². The fourth-order valence-corrected chi connectivity index (χ4v) is 3.12. The maximum absolute atomic E-state index is 13.2. The number of carbonyl (C=O) groups is 1. The zero-order chi connectivity index (χ0) is 19.7. The summed E-state index contributed by atoms with van der Waals surface area (Å²) in [7, 11) is 0. The lowest BCUT2D eigenvalue weighted by Crippen LogP contribution is -2.36. The van der Waals surface area contributed by atoms with Crippen LogP contribution in [-0.4, -0.2) is 39.0 Å². The van der Waals surface area contributed by atoms with Crippen molar-refractivity contribution in [1.29, 1.82) is 0 Å². The lowest BCUT2D eigenvalue weighted by Gasteiger charge is -2.31. The van der Waals surface area contributed by atoms with Crippen LogP contribution in [0.4, 0.5) is 24.5 Å². The molecule has 1 fully saturated rings. The van der Waals surface area contributed by atoms with Crippen molar-refractivity contribution < 1.29 is 32.2 Å². The number of amides is 1. The number of hydrogen-bond acceptors (Lipinski definition) is 5. The van der Waals surface area contributed by atoms with Gasteiger partial charge < -0.3 is 24.4 Å². The molecule has 0 atom stereocenters. The molecule has 0 aromatic heterocycles. The molecule has 28 heavy (non-hydrogen) atoms. The number of morpholine rings is 1. The zero-order valence-electron chi connectivity index (χ0n) is 14.7. The number of anilines is 2. The minimum Gasteiger partial charge on any atom is -0.454 e. The van der Waals surface area contributed by atoms with Crippen molar-refractivity contribution in [3.05, 3.63) is 47.5 Å². The maximum Gasteiger partial charge on any atom is 0.416 e. The van der Waals surface area contributed by atoms with E-state index in [-0.39, 0.29) is 18.0 Å². The molecule has 2 aliphatic heterocycles. The van der Waals surface area contributed by atoms with E-state index in [1.807, 2.05) is 4.90 Å². The number of ether oxygens (including phenoxy) is 3. The van der Waals surface area contributed by atoms with E-state index in [0.717, 1.165) is 12.1 Å². The number of nitrogens with one attached hydrogen (secondary N) is 1. The molecule has 4 rings (SSSR count). The fraction of sp³-hybridized carbons (Fsp3) is 0.316. The van der Waals surface area contributed by atoms with Gasteiger partial charge in [0.05, 0.1) is 30.2 Å². The average Bonchev–Trinajstić information content (AvgIpc) is 3.15. The van der Waals surface area contributed by atoms with Gasteiger partial charge in [-0.05, 0) is 36.4 Å². The highest BCUT2D eigenvalue weighted by Crippen LogP contribution is 2.37. The lowest BCUT2D eigenvalue weighted by atomic mass is 10.1. The minimum atomic E-state index is -4.51. The summed E-state index contributed by atoms with van der Waals surface area (Å²) >= 11 is 0. The summed E-state index contributed by atoms with van der Waals surface area (Å²) in [6.45, 7) is 2.05. The standard InChI is InChI=1S/C19H17F3N2O4/c20-19(21,22)13-2-3-15(24-5-7-26-8-6-24)14(10-13)23-18(25)12-1-4-16-17(9-12)28-11-27-16/h1-4,9-10H,5-8,11H2,(H,23,25). The van der Waals surface area contributed by atoms with Gasteiger partial charge >= 0.3 is 6.18 Å². The van der Waals surface area contributed by atoms with Crippen LogP contribution in [0.15, 0.2) is 36.4 Å². The second-order valence-electron chi connectivity index (χ2n) is 6.35. The molecule has 9 heteroatoms. The molecule has 148 valence electrons. The van der Waals surface area contributed by atoms with Gasteiger partial charge in [0.25, 0.3) is 5.91 Å². The van der Waals surface area contributed by atoms with E-state index in [0.29, 0.717) is 43.5 Å². The van der Waals surface area contributed by atoms with Crippen molar-refractivity contribution in [3.63, 3.8) is 0 Å². The molecule has 0 radical (unpaired) electrons. The highest BCUT2D eigenvalue weighted by atomic mass is 19.4. The maximum atomic E-state index is 13.2. The molecule has 2 aromatic rings. The van der Waals surface area contributed by atoms with E-state index in [2.05, 4.69) is 5.32 Å². The molecule has 2 heterocycles. The van der Waals surface area contributed by atoms with Gasteiger partial charge in [-0.3, -0.25) is 4.79 Å². The Morgan fingerprint density at radius 1 is 1.00 bits per heavy atom. The number of carbonyl (C=O) groups excluding carboxylic acids is 1.